The van der Waals surface area contributed by atoms with Crippen molar-refractivity contribution in [2.45, 2.75) is 13.2 Å². The van der Waals surface area contributed by atoms with E-state index in [1.54, 1.807) is 0 Å². The molecule has 24 heavy (non-hydrogen) atoms. The van der Waals surface area contributed by atoms with Crippen molar-refractivity contribution in [3.63, 3.8) is 0 Å². The Bertz CT molecular complexity index is 841. The number of benzene rings is 2. The quantitative estimate of drug-likeness (QED) is 0.627. The zero-order chi connectivity index (χ0) is 16.5. The summed E-state index contributed by atoms with van der Waals surface area (Å²) in [6.45, 7) is 3.77. The van der Waals surface area contributed by atoms with E-state index >= 15 is 0 Å². The van der Waals surface area contributed by atoms with E-state index in [1.165, 1.54) is 16.8 Å². The number of rotatable bonds is 3. The first-order valence-corrected chi connectivity index (χ1v) is 8.89. The van der Waals surface area contributed by atoms with Gasteiger partial charge in [-0.3, -0.25) is 0 Å². The molecule has 1 aliphatic rings. The van der Waals surface area contributed by atoms with E-state index in [1.807, 2.05) is 12.1 Å². The van der Waals surface area contributed by atoms with Gasteiger partial charge in [0.2, 0.25) is 0 Å². The molecule has 0 radical (unpaired) electrons. The van der Waals surface area contributed by atoms with Crippen LogP contribution in [0, 0.1) is 6.92 Å². The second-order valence-corrected chi connectivity index (χ2v) is 7.00. The van der Waals surface area contributed by atoms with Crippen molar-refractivity contribution in [3.05, 3.63) is 82.6 Å². The molecule has 4 heteroatoms. The SMILES string of the molecule is Cc1ccc(N2CCOC2c2ccn(-c3cccc(Br)c3)c2)cc1. The Kier molecular flexibility index (Phi) is 4.17. The molecule has 3 aromatic rings. The summed E-state index contributed by atoms with van der Waals surface area (Å²) in [4.78, 5) is 2.32. The molecule has 3 nitrogen and oxygen atoms in total. The summed E-state index contributed by atoms with van der Waals surface area (Å²) in [6, 6.07) is 19.1. The van der Waals surface area contributed by atoms with Gasteiger partial charge in [-0.05, 0) is 43.3 Å². The fraction of sp³-hybridized carbons (Fsp3) is 0.200. The smallest absolute Gasteiger partial charge is 0.158 e. The molecule has 1 aromatic heterocycles. The number of hydrogen-bond donors (Lipinski definition) is 0. The Morgan fingerprint density at radius 3 is 2.67 bits per heavy atom. The first kappa shape index (κ1) is 15.5. The highest BCUT2D eigenvalue weighted by molar-refractivity contribution is 9.10. The molecule has 0 bridgehead atoms. The first-order chi connectivity index (χ1) is 11.7. The highest BCUT2D eigenvalue weighted by Crippen LogP contribution is 2.33. The van der Waals surface area contributed by atoms with Gasteiger partial charge in [-0.2, -0.15) is 0 Å². The molecule has 0 N–H and O–H groups in total. The van der Waals surface area contributed by atoms with E-state index in [0.29, 0.717) is 0 Å². The summed E-state index contributed by atoms with van der Waals surface area (Å²) in [5.74, 6) is 0. The lowest BCUT2D eigenvalue weighted by Crippen LogP contribution is -2.22. The molecule has 1 fully saturated rings. The number of anilines is 1. The van der Waals surface area contributed by atoms with Gasteiger partial charge in [0.1, 0.15) is 0 Å². The van der Waals surface area contributed by atoms with Crippen LogP contribution >= 0.6 is 15.9 Å². The van der Waals surface area contributed by atoms with Gasteiger partial charge < -0.3 is 14.2 Å². The second-order valence-electron chi connectivity index (χ2n) is 6.08. The number of ether oxygens (including phenoxy) is 1. The largest absolute Gasteiger partial charge is 0.352 e. The summed E-state index contributed by atoms with van der Waals surface area (Å²) in [5.41, 5.74) is 4.79. The fourth-order valence-corrected chi connectivity index (χ4v) is 3.49. The van der Waals surface area contributed by atoms with Gasteiger partial charge in [-0.15, -0.1) is 0 Å². The van der Waals surface area contributed by atoms with E-state index in [4.69, 9.17) is 4.74 Å². The van der Waals surface area contributed by atoms with Gasteiger partial charge in [0.05, 0.1) is 6.61 Å². The summed E-state index contributed by atoms with van der Waals surface area (Å²) < 4.78 is 9.22. The molecule has 2 heterocycles. The molecule has 1 unspecified atom stereocenters. The van der Waals surface area contributed by atoms with Crippen molar-refractivity contribution < 1.29 is 4.74 Å². The van der Waals surface area contributed by atoms with Crippen LogP contribution < -0.4 is 4.90 Å². The monoisotopic (exact) mass is 382 g/mol. The minimum Gasteiger partial charge on any atom is -0.352 e. The number of hydrogen-bond acceptors (Lipinski definition) is 2. The molecule has 122 valence electrons. The van der Waals surface area contributed by atoms with E-state index in [-0.39, 0.29) is 6.23 Å². The summed E-state index contributed by atoms with van der Waals surface area (Å²) in [6.07, 6.45) is 4.21. The van der Waals surface area contributed by atoms with E-state index < -0.39 is 0 Å². The van der Waals surface area contributed by atoms with Crippen LogP contribution in [0.3, 0.4) is 0 Å². The summed E-state index contributed by atoms with van der Waals surface area (Å²) in [7, 11) is 0. The van der Waals surface area contributed by atoms with Crippen LogP contribution in [0.4, 0.5) is 5.69 Å². The molecule has 0 saturated carbocycles. The Morgan fingerprint density at radius 1 is 1.04 bits per heavy atom. The van der Waals surface area contributed by atoms with Gasteiger partial charge >= 0.3 is 0 Å². The Labute approximate surface area is 150 Å². The maximum Gasteiger partial charge on any atom is 0.158 e. The molecule has 0 amide bonds. The molecule has 0 spiro atoms. The summed E-state index contributed by atoms with van der Waals surface area (Å²) >= 11 is 3.53. The number of aryl methyl sites for hydroxylation is 1. The molecular formula is C20H19BrN2O. The van der Waals surface area contributed by atoms with Crippen LogP contribution in [0.15, 0.2) is 71.5 Å². The topological polar surface area (TPSA) is 17.4 Å². The number of aromatic nitrogens is 1. The van der Waals surface area contributed by atoms with Gasteiger partial charge in [-0.25, -0.2) is 0 Å². The van der Waals surface area contributed by atoms with Gasteiger partial charge in [0.15, 0.2) is 6.23 Å². The Hall–Kier alpha value is -2.04. The van der Waals surface area contributed by atoms with Crippen molar-refractivity contribution in [1.82, 2.24) is 4.57 Å². The maximum absolute atomic E-state index is 6.01. The molecule has 0 aliphatic carbocycles. The second kappa shape index (κ2) is 6.46. The normalized spacial score (nSPS) is 17.4. The maximum atomic E-state index is 6.01. The third kappa shape index (κ3) is 2.99. The predicted molar refractivity (Wildman–Crippen MR) is 101 cm³/mol. The first-order valence-electron chi connectivity index (χ1n) is 8.09. The lowest BCUT2D eigenvalue weighted by atomic mass is 10.2. The van der Waals surface area contributed by atoms with Gasteiger partial charge in [0.25, 0.3) is 0 Å². The van der Waals surface area contributed by atoms with Crippen LogP contribution in [-0.2, 0) is 4.74 Å². The molecule has 2 aromatic carbocycles. The average Bonchev–Trinajstić information content (AvgIpc) is 3.24. The lowest BCUT2D eigenvalue weighted by molar-refractivity contribution is 0.114. The zero-order valence-electron chi connectivity index (χ0n) is 13.5. The number of nitrogens with zero attached hydrogens (tertiary/aromatic N) is 2. The molecule has 1 saturated heterocycles. The minimum absolute atomic E-state index is 0.0268. The van der Waals surface area contributed by atoms with Gasteiger partial charge in [0, 0.05) is 40.3 Å². The predicted octanol–water partition coefficient (Wildman–Crippen LogP) is 5.08. The highest BCUT2D eigenvalue weighted by atomic mass is 79.9. The van der Waals surface area contributed by atoms with Crippen molar-refractivity contribution in [2.24, 2.45) is 0 Å². The number of halogens is 1. The van der Waals surface area contributed by atoms with Crippen LogP contribution in [0.2, 0.25) is 0 Å². The summed E-state index contributed by atoms with van der Waals surface area (Å²) in [5, 5.41) is 0. The molecular weight excluding hydrogens is 364 g/mol. The van der Waals surface area contributed by atoms with Crippen molar-refractivity contribution in [2.75, 3.05) is 18.1 Å². The molecule has 1 aliphatic heterocycles. The lowest BCUT2D eigenvalue weighted by Gasteiger charge is -2.24. The van der Waals surface area contributed by atoms with Crippen molar-refractivity contribution >= 4 is 21.6 Å². The fourth-order valence-electron chi connectivity index (χ4n) is 3.10. The van der Waals surface area contributed by atoms with Crippen LogP contribution in [0.25, 0.3) is 5.69 Å². The van der Waals surface area contributed by atoms with Gasteiger partial charge in [-0.1, -0.05) is 39.7 Å². The van der Waals surface area contributed by atoms with Crippen LogP contribution in [0.5, 0.6) is 0 Å². The standard InChI is InChI=1S/C20H19BrN2O/c1-15-5-7-18(8-6-15)23-11-12-24-20(23)16-9-10-22(14-16)19-4-2-3-17(21)13-19/h2-10,13-14,20H,11-12H2,1H3. The van der Waals surface area contributed by atoms with E-state index in [9.17, 15) is 0 Å². The van der Waals surface area contributed by atoms with Crippen LogP contribution in [-0.4, -0.2) is 17.7 Å². The Balaban J connectivity index is 1.62. The molecule has 4 rings (SSSR count). The zero-order valence-corrected chi connectivity index (χ0v) is 15.1. The minimum atomic E-state index is -0.0268. The third-order valence-corrected chi connectivity index (χ3v) is 4.86. The Morgan fingerprint density at radius 2 is 1.88 bits per heavy atom. The van der Waals surface area contributed by atoms with Crippen molar-refractivity contribution in [3.8, 4) is 5.69 Å². The van der Waals surface area contributed by atoms with Crippen LogP contribution in [0.1, 0.15) is 17.4 Å². The average molecular weight is 383 g/mol. The highest BCUT2D eigenvalue weighted by Gasteiger charge is 2.27. The van der Waals surface area contributed by atoms with E-state index in [0.717, 1.165) is 23.3 Å². The third-order valence-electron chi connectivity index (χ3n) is 4.36. The van der Waals surface area contributed by atoms with Crippen molar-refractivity contribution in [1.29, 1.82) is 0 Å². The van der Waals surface area contributed by atoms with E-state index in [2.05, 4.69) is 87.2 Å². The molecule has 1 atom stereocenters.